The first kappa shape index (κ1) is 16.0. The number of hydrogen-bond acceptors (Lipinski definition) is 4. The fraction of sp³-hybridized carbons (Fsp3) is 0.467. The van der Waals surface area contributed by atoms with Gasteiger partial charge in [0.1, 0.15) is 0 Å². The van der Waals surface area contributed by atoms with E-state index in [9.17, 15) is 8.42 Å². The van der Waals surface area contributed by atoms with Gasteiger partial charge in [0.2, 0.25) is 10.0 Å². The molecule has 0 aromatic heterocycles. The highest BCUT2D eigenvalue weighted by molar-refractivity contribution is 7.89. The van der Waals surface area contributed by atoms with Crippen molar-refractivity contribution < 1.29 is 13.2 Å². The Hall–Kier alpha value is -1.39. The Morgan fingerprint density at radius 3 is 2.71 bits per heavy atom. The van der Waals surface area contributed by atoms with Crippen LogP contribution < -0.4 is 10.5 Å². The summed E-state index contributed by atoms with van der Waals surface area (Å²) in [7, 11) is -3.45. The van der Waals surface area contributed by atoms with Crippen molar-refractivity contribution in [2.24, 2.45) is 11.7 Å². The highest BCUT2D eigenvalue weighted by Gasteiger charge is 2.18. The second-order valence-corrected chi connectivity index (χ2v) is 6.71. The summed E-state index contributed by atoms with van der Waals surface area (Å²) in [5, 5.41) is 0. The molecule has 114 valence electrons. The molecule has 1 saturated heterocycles. The molecule has 1 aliphatic rings. The summed E-state index contributed by atoms with van der Waals surface area (Å²) in [6, 6.07) is 6.48. The van der Waals surface area contributed by atoms with E-state index in [1.54, 1.807) is 24.3 Å². The molecule has 1 heterocycles. The molecule has 0 radical (unpaired) electrons. The van der Waals surface area contributed by atoms with E-state index >= 15 is 0 Å². The third-order valence-electron chi connectivity index (χ3n) is 3.37. The van der Waals surface area contributed by atoms with Crippen LogP contribution >= 0.6 is 0 Å². The molecular weight excluding hydrogens is 288 g/mol. The molecule has 0 saturated carbocycles. The van der Waals surface area contributed by atoms with Gasteiger partial charge in [-0.3, -0.25) is 0 Å². The second-order valence-electron chi connectivity index (χ2n) is 4.95. The topological polar surface area (TPSA) is 81.4 Å². The van der Waals surface area contributed by atoms with Gasteiger partial charge in [-0.2, -0.15) is 0 Å². The van der Waals surface area contributed by atoms with Gasteiger partial charge >= 0.3 is 0 Å². The highest BCUT2D eigenvalue weighted by atomic mass is 32.2. The zero-order chi connectivity index (χ0) is 15.1. The smallest absolute Gasteiger partial charge is 0.240 e. The van der Waals surface area contributed by atoms with Crippen LogP contribution in [0.2, 0.25) is 0 Å². The van der Waals surface area contributed by atoms with Gasteiger partial charge in [0.15, 0.2) is 0 Å². The van der Waals surface area contributed by atoms with E-state index in [0.29, 0.717) is 12.5 Å². The van der Waals surface area contributed by atoms with Gasteiger partial charge < -0.3 is 10.5 Å². The van der Waals surface area contributed by atoms with Crippen molar-refractivity contribution in [1.29, 1.82) is 0 Å². The maximum atomic E-state index is 12.1. The number of nitrogens with one attached hydrogen (secondary N) is 1. The minimum Gasteiger partial charge on any atom is -0.381 e. The molecule has 1 atom stereocenters. The standard InChI is InChI=1S/C15H20N2O3S/c16-9-1-2-13-3-5-15(6-4-13)21(18,19)17-10-7-14-8-11-20-12-14/h3-6,14,17H,7-12,16H2. The van der Waals surface area contributed by atoms with Crippen LogP contribution in [0.4, 0.5) is 0 Å². The van der Waals surface area contributed by atoms with Gasteiger partial charge in [-0.05, 0) is 43.0 Å². The predicted octanol–water partition coefficient (Wildman–Crippen LogP) is 0.702. The minimum absolute atomic E-state index is 0.253. The summed E-state index contributed by atoms with van der Waals surface area (Å²) >= 11 is 0. The number of ether oxygens (including phenoxy) is 1. The van der Waals surface area contributed by atoms with Gasteiger partial charge in [0.25, 0.3) is 0 Å². The molecule has 2 rings (SSSR count). The molecule has 0 bridgehead atoms. The van der Waals surface area contributed by atoms with Gasteiger partial charge in [-0.15, -0.1) is 0 Å². The van der Waals surface area contributed by atoms with E-state index in [4.69, 9.17) is 10.5 Å². The largest absolute Gasteiger partial charge is 0.381 e. The van der Waals surface area contributed by atoms with E-state index in [1.807, 2.05) is 0 Å². The summed E-state index contributed by atoms with van der Waals surface area (Å²) in [5.74, 6) is 6.05. The van der Waals surface area contributed by atoms with Crippen molar-refractivity contribution in [3.05, 3.63) is 29.8 Å². The first-order chi connectivity index (χ1) is 10.1. The van der Waals surface area contributed by atoms with Gasteiger partial charge in [0, 0.05) is 25.3 Å². The van der Waals surface area contributed by atoms with Gasteiger partial charge in [0.05, 0.1) is 11.4 Å². The molecule has 0 amide bonds. The lowest BCUT2D eigenvalue weighted by Gasteiger charge is -2.09. The van der Waals surface area contributed by atoms with Crippen LogP contribution in [0.15, 0.2) is 29.2 Å². The van der Waals surface area contributed by atoms with Gasteiger partial charge in [-0.1, -0.05) is 11.8 Å². The molecule has 3 N–H and O–H groups in total. The lowest BCUT2D eigenvalue weighted by Crippen LogP contribution is -2.26. The molecule has 1 aromatic rings. The SMILES string of the molecule is NCC#Cc1ccc(S(=O)(=O)NCCC2CCOC2)cc1. The molecule has 6 heteroatoms. The van der Waals surface area contributed by atoms with Crippen LogP contribution in [0.3, 0.4) is 0 Å². The number of benzene rings is 1. The van der Waals surface area contributed by atoms with Crippen LogP contribution in [0.25, 0.3) is 0 Å². The Labute approximate surface area is 125 Å². The van der Waals surface area contributed by atoms with Crippen molar-refractivity contribution in [2.75, 3.05) is 26.3 Å². The normalized spacial score (nSPS) is 18.2. The van der Waals surface area contributed by atoms with Gasteiger partial charge in [-0.25, -0.2) is 13.1 Å². The highest BCUT2D eigenvalue weighted by Crippen LogP contribution is 2.16. The van der Waals surface area contributed by atoms with Crippen molar-refractivity contribution in [3.8, 4) is 11.8 Å². The van der Waals surface area contributed by atoms with Crippen molar-refractivity contribution in [3.63, 3.8) is 0 Å². The summed E-state index contributed by atoms with van der Waals surface area (Å²) in [5.41, 5.74) is 6.05. The predicted molar refractivity (Wildman–Crippen MR) is 81.1 cm³/mol. The molecule has 5 nitrogen and oxygen atoms in total. The monoisotopic (exact) mass is 308 g/mol. The van der Waals surface area contributed by atoms with E-state index in [2.05, 4.69) is 16.6 Å². The number of hydrogen-bond donors (Lipinski definition) is 2. The summed E-state index contributed by atoms with van der Waals surface area (Å²) in [6.45, 7) is 2.23. The van der Waals surface area contributed by atoms with Crippen LogP contribution in [0.1, 0.15) is 18.4 Å². The Morgan fingerprint density at radius 2 is 2.10 bits per heavy atom. The Kier molecular flexibility index (Phi) is 5.76. The summed E-state index contributed by atoms with van der Waals surface area (Å²) in [6.07, 6.45) is 1.82. The fourth-order valence-corrected chi connectivity index (χ4v) is 3.21. The van der Waals surface area contributed by atoms with E-state index in [0.717, 1.165) is 31.6 Å². The Bertz CT molecular complexity index is 609. The van der Waals surface area contributed by atoms with Crippen molar-refractivity contribution >= 4 is 10.0 Å². The van der Waals surface area contributed by atoms with Crippen LogP contribution in [0.5, 0.6) is 0 Å². The quantitative estimate of drug-likeness (QED) is 0.785. The third-order valence-corrected chi connectivity index (χ3v) is 4.84. The maximum absolute atomic E-state index is 12.1. The van der Waals surface area contributed by atoms with Crippen molar-refractivity contribution in [2.45, 2.75) is 17.7 Å². The van der Waals surface area contributed by atoms with Crippen molar-refractivity contribution in [1.82, 2.24) is 4.72 Å². The zero-order valence-electron chi connectivity index (χ0n) is 11.8. The lowest BCUT2D eigenvalue weighted by atomic mass is 10.1. The van der Waals surface area contributed by atoms with E-state index in [1.165, 1.54) is 0 Å². The van der Waals surface area contributed by atoms with E-state index < -0.39 is 10.0 Å². The molecule has 1 fully saturated rings. The second kappa shape index (κ2) is 7.57. The Balaban J connectivity index is 1.91. The van der Waals surface area contributed by atoms with Crippen LogP contribution in [0, 0.1) is 17.8 Å². The molecule has 0 aliphatic carbocycles. The van der Waals surface area contributed by atoms with Crippen LogP contribution in [-0.4, -0.2) is 34.7 Å². The fourth-order valence-electron chi connectivity index (χ4n) is 2.16. The Morgan fingerprint density at radius 1 is 1.33 bits per heavy atom. The molecular formula is C15H20N2O3S. The van der Waals surface area contributed by atoms with Crippen LogP contribution in [-0.2, 0) is 14.8 Å². The minimum atomic E-state index is -3.45. The zero-order valence-corrected chi connectivity index (χ0v) is 12.7. The van der Waals surface area contributed by atoms with E-state index in [-0.39, 0.29) is 11.4 Å². The first-order valence-electron chi connectivity index (χ1n) is 6.98. The number of sulfonamides is 1. The average molecular weight is 308 g/mol. The lowest BCUT2D eigenvalue weighted by molar-refractivity contribution is 0.184. The molecule has 1 aromatic carbocycles. The molecule has 21 heavy (non-hydrogen) atoms. The third kappa shape index (κ3) is 4.83. The first-order valence-corrected chi connectivity index (χ1v) is 8.46. The summed E-state index contributed by atoms with van der Waals surface area (Å²) in [4.78, 5) is 0.253. The molecule has 1 unspecified atom stereocenters. The maximum Gasteiger partial charge on any atom is 0.240 e. The number of rotatable bonds is 5. The molecule has 1 aliphatic heterocycles. The number of nitrogens with two attached hydrogens (primary N) is 1. The average Bonchev–Trinajstić information content (AvgIpc) is 2.98. The summed E-state index contributed by atoms with van der Waals surface area (Å²) < 4.78 is 32.2. The molecule has 0 spiro atoms.